The van der Waals surface area contributed by atoms with E-state index in [9.17, 15) is 4.79 Å². The van der Waals surface area contributed by atoms with Crippen molar-refractivity contribution in [3.63, 3.8) is 0 Å². The molecule has 1 fully saturated rings. The number of carbonyl (C=O) groups excluding carboxylic acids is 1. The zero-order chi connectivity index (χ0) is 13.8. The third-order valence-corrected chi connectivity index (χ3v) is 3.67. The SMILES string of the molecule is CNC(=O)C1CCCCN1c1ncc(CN)cc1C. The van der Waals surface area contributed by atoms with Gasteiger partial charge in [-0.15, -0.1) is 0 Å². The third-order valence-electron chi connectivity index (χ3n) is 3.67. The molecule has 1 saturated heterocycles. The molecule has 1 atom stereocenters. The van der Waals surface area contributed by atoms with Gasteiger partial charge in [-0.1, -0.05) is 0 Å². The molecule has 0 saturated carbocycles. The van der Waals surface area contributed by atoms with Crippen molar-refractivity contribution in [3.8, 4) is 0 Å². The van der Waals surface area contributed by atoms with E-state index < -0.39 is 0 Å². The van der Waals surface area contributed by atoms with E-state index in [1.54, 1.807) is 13.2 Å². The number of nitrogens with one attached hydrogen (secondary N) is 1. The molecule has 1 aromatic heterocycles. The van der Waals surface area contributed by atoms with Gasteiger partial charge in [-0.25, -0.2) is 4.98 Å². The topological polar surface area (TPSA) is 71.2 Å². The number of aromatic nitrogens is 1. The summed E-state index contributed by atoms with van der Waals surface area (Å²) >= 11 is 0. The molecule has 104 valence electrons. The Morgan fingerprint density at radius 2 is 2.37 bits per heavy atom. The number of hydrogen-bond donors (Lipinski definition) is 2. The summed E-state index contributed by atoms with van der Waals surface area (Å²) in [4.78, 5) is 18.6. The molecule has 19 heavy (non-hydrogen) atoms. The Kier molecular flexibility index (Phi) is 4.37. The first-order valence-electron chi connectivity index (χ1n) is 6.81. The summed E-state index contributed by atoms with van der Waals surface area (Å²) in [5.74, 6) is 0.981. The average Bonchev–Trinajstić information content (AvgIpc) is 2.46. The first kappa shape index (κ1) is 13.8. The lowest BCUT2D eigenvalue weighted by Crippen LogP contribution is -2.49. The lowest BCUT2D eigenvalue weighted by molar-refractivity contribution is -0.122. The average molecular weight is 262 g/mol. The maximum absolute atomic E-state index is 12.0. The van der Waals surface area contributed by atoms with Gasteiger partial charge < -0.3 is 16.0 Å². The number of hydrogen-bond acceptors (Lipinski definition) is 4. The molecule has 1 aliphatic rings. The highest BCUT2D eigenvalue weighted by atomic mass is 16.2. The first-order valence-corrected chi connectivity index (χ1v) is 6.81. The molecule has 0 spiro atoms. The standard InChI is InChI=1S/C14H22N4O/c1-10-7-11(8-15)9-17-13(10)18-6-4-3-5-12(18)14(19)16-2/h7,9,12H,3-6,8,15H2,1-2H3,(H,16,19). The van der Waals surface area contributed by atoms with Crippen molar-refractivity contribution in [2.24, 2.45) is 5.73 Å². The number of nitrogens with two attached hydrogens (primary N) is 1. The number of likely N-dealkylation sites (N-methyl/N-ethyl adjacent to an activating group) is 1. The Morgan fingerprint density at radius 3 is 3.00 bits per heavy atom. The number of amides is 1. The van der Waals surface area contributed by atoms with Crippen molar-refractivity contribution in [2.45, 2.75) is 38.8 Å². The van der Waals surface area contributed by atoms with Crippen molar-refractivity contribution in [1.82, 2.24) is 10.3 Å². The molecule has 5 nitrogen and oxygen atoms in total. The molecule has 1 amide bonds. The van der Waals surface area contributed by atoms with E-state index in [1.807, 2.05) is 6.92 Å². The van der Waals surface area contributed by atoms with Crippen molar-refractivity contribution in [2.75, 3.05) is 18.5 Å². The zero-order valence-electron chi connectivity index (χ0n) is 11.6. The van der Waals surface area contributed by atoms with Gasteiger partial charge in [0.1, 0.15) is 11.9 Å². The van der Waals surface area contributed by atoms with Gasteiger partial charge in [-0.2, -0.15) is 0 Å². The second kappa shape index (κ2) is 6.02. The number of piperidine rings is 1. The predicted octanol–water partition coefficient (Wildman–Crippen LogP) is 0.954. The van der Waals surface area contributed by atoms with Crippen LogP contribution in [-0.2, 0) is 11.3 Å². The van der Waals surface area contributed by atoms with Gasteiger partial charge in [0.05, 0.1) is 0 Å². The van der Waals surface area contributed by atoms with Crippen LogP contribution in [0.25, 0.3) is 0 Å². The number of aryl methyl sites for hydroxylation is 1. The van der Waals surface area contributed by atoms with Crippen LogP contribution < -0.4 is 16.0 Å². The lowest BCUT2D eigenvalue weighted by Gasteiger charge is -2.36. The van der Waals surface area contributed by atoms with Crippen LogP contribution in [0.5, 0.6) is 0 Å². The maximum atomic E-state index is 12.0. The van der Waals surface area contributed by atoms with Gasteiger partial charge in [-0.3, -0.25) is 4.79 Å². The molecule has 1 aromatic rings. The number of nitrogens with zero attached hydrogens (tertiary/aromatic N) is 2. The fourth-order valence-electron chi connectivity index (χ4n) is 2.66. The molecular weight excluding hydrogens is 240 g/mol. The number of rotatable bonds is 3. The minimum Gasteiger partial charge on any atom is -0.357 e. The first-order chi connectivity index (χ1) is 9.17. The monoisotopic (exact) mass is 262 g/mol. The minimum absolute atomic E-state index is 0.0730. The second-order valence-corrected chi connectivity index (χ2v) is 5.01. The zero-order valence-corrected chi connectivity index (χ0v) is 11.6. The summed E-state index contributed by atoms with van der Waals surface area (Å²) in [5, 5.41) is 2.75. The van der Waals surface area contributed by atoms with Crippen LogP contribution in [0.3, 0.4) is 0 Å². The summed E-state index contributed by atoms with van der Waals surface area (Å²) in [7, 11) is 1.69. The van der Waals surface area contributed by atoms with Crippen LogP contribution in [0.2, 0.25) is 0 Å². The van der Waals surface area contributed by atoms with Gasteiger partial charge in [-0.05, 0) is 43.4 Å². The molecule has 1 aliphatic heterocycles. The number of pyridine rings is 1. The summed E-state index contributed by atoms with van der Waals surface area (Å²) in [6.45, 7) is 3.40. The minimum atomic E-state index is -0.103. The van der Waals surface area contributed by atoms with Crippen molar-refractivity contribution in [1.29, 1.82) is 0 Å². The molecular formula is C14H22N4O. The Bertz CT molecular complexity index is 461. The lowest BCUT2D eigenvalue weighted by atomic mass is 10.0. The molecule has 0 aliphatic carbocycles. The fourth-order valence-corrected chi connectivity index (χ4v) is 2.66. The summed E-state index contributed by atoms with van der Waals surface area (Å²) < 4.78 is 0. The van der Waals surface area contributed by atoms with E-state index in [-0.39, 0.29) is 11.9 Å². The molecule has 5 heteroatoms. The number of anilines is 1. The summed E-state index contributed by atoms with van der Waals surface area (Å²) in [6, 6.07) is 1.95. The maximum Gasteiger partial charge on any atom is 0.242 e. The molecule has 2 heterocycles. The van der Waals surface area contributed by atoms with Crippen LogP contribution in [0.1, 0.15) is 30.4 Å². The molecule has 0 aromatic carbocycles. The summed E-state index contributed by atoms with van der Waals surface area (Å²) in [6.07, 6.45) is 4.89. The highest BCUT2D eigenvalue weighted by molar-refractivity contribution is 5.85. The van der Waals surface area contributed by atoms with Crippen LogP contribution in [0, 0.1) is 6.92 Å². The van der Waals surface area contributed by atoms with Crippen molar-refractivity contribution in [3.05, 3.63) is 23.4 Å². The van der Waals surface area contributed by atoms with Crippen molar-refractivity contribution < 1.29 is 4.79 Å². The highest BCUT2D eigenvalue weighted by Gasteiger charge is 2.29. The normalized spacial score (nSPS) is 19.3. The Hall–Kier alpha value is -1.62. The van der Waals surface area contributed by atoms with Gasteiger partial charge in [0.15, 0.2) is 0 Å². The number of carbonyl (C=O) groups is 1. The second-order valence-electron chi connectivity index (χ2n) is 5.01. The smallest absolute Gasteiger partial charge is 0.242 e. The van der Waals surface area contributed by atoms with E-state index in [1.165, 1.54) is 0 Å². The van der Waals surface area contributed by atoms with Crippen molar-refractivity contribution >= 4 is 11.7 Å². The van der Waals surface area contributed by atoms with Gasteiger partial charge in [0, 0.05) is 26.3 Å². The van der Waals surface area contributed by atoms with E-state index in [4.69, 9.17) is 5.73 Å². The fraction of sp³-hybridized carbons (Fsp3) is 0.571. The predicted molar refractivity (Wildman–Crippen MR) is 75.9 cm³/mol. The van der Waals surface area contributed by atoms with Gasteiger partial charge in [0.25, 0.3) is 0 Å². The highest BCUT2D eigenvalue weighted by Crippen LogP contribution is 2.26. The van der Waals surface area contributed by atoms with Gasteiger partial charge in [0.2, 0.25) is 5.91 Å². The van der Waals surface area contributed by atoms with Crippen LogP contribution in [0.15, 0.2) is 12.3 Å². The largest absolute Gasteiger partial charge is 0.357 e. The van der Waals surface area contributed by atoms with Crippen LogP contribution >= 0.6 is 0 Å². The van der Waals surface area contributed by atoms with E-state index >= 15 is 0 Å². The van der Waals surface area contributed by atoms with E-state index in [2.05, 4.69) is 21.3 Å². The van der Waals surface area contributed by atoms with E-state index in [0.717, 1.165) is 42.8 Å². The molecule has 1 unspecified atom stereocenters. The van der Waals surface area contributed by atoms with E-state index in [0.29, 0.717) is 6.54 Å². The quantitative estimate of drug-likeness (QED) is 0.851. The van der Waals surface area contributed by atoms with Crippen LogP contribution in [0.4, 0.5) is 5.82 Å². The molecule has 0 bridgehead atoms. The van der Waals surface area contributed by atoms with Gasteiger partial charge >= 0.3 is 0 Å². The molecule has 2 rings (SSSR count). The third kappa shape index (κ3) is 2.87. The summed E-state index contributed by atoms with van der Waals surface area (Å²) in [5.41, 5.74) is 7.73. The molecule has 3 N–H and O–H groups in total. The van der Waals surface area contributed by atoms with Crippen LogP contribution in [-0.4, -0.2) is 30.5 Å². The molecule has 0 radical (unpaired) electrons. The Balaban J connectivity index is 2.29. The Morgan fingerprint density at radius 1 is 1.58 bits per heavy atom. The Labute approximate surface area is 114 Å².